The normalized spacial score (nSPS) is 16.2. The summed E-state index contributed by atoms with van der Waals surface area (Å²) in [5.41, 5.74) is 0. The van der Waals surface area contributed by atoms with Crippen molar-refractivity contribution < 1.29 is 4.11 Å². The Morgan fingerprint density at radius 3 is 3.00 bits per heavy atom. The van der Waals surface area contributed by atoms with Gasteiger partial charge in [0, 0.05) is 4.11 Å². The fourth-order valence-corrected chi connectivity index (χ4v) is 0.590. The van der Waals surface area contributed by atoms with Gasteiger partial charge in [0.05, 0.1) is 0 Å². The van der Waals surface area contributed by atoms with E-state index in [0.29, 0.717) is 6.42 Å². The molecule has 8 heavy (non-hydrogen) atoms. The second-order valence-electron chi connectivity index (χ2n) is 1.89. The van der Waals surface area contributed by atoms with Crippen LogP contribution in [0.25, 0.3) is 0 Å². The van der Waals surface area contributed by atoms with Crippen LogP contribution >= 0.6 is 0 Å². The standard InChI is InChI=1S/C8H16/c1-3-5-7-8-6-4-2/h3H,1,4-8H2,2H3/i2D3. The van der Waals surface area contributed by atoms with E-state index in [1.54, 1.807) is 0 Å². The minimum absolute atomic E-state index is 0.351. The van der Waals surface area contributed by atoms with Crippen molar-refractivity contribution in [1.29, 1.82) is 0 Å². The molecule has 0 rings (SSSR count). The van der Waals surface area contributed by atoms with E-state index >= 15 is 0 Å². The Morgan fingerprint density at radius 2 is 2.38 bits per heavy atom. The average Bonchev–Trinajstić information content (AvgIpc) is 1.85. The van der Waals surface area contributed by atoms with E-state index in [1.165, 1.54) is 0 Å². The quantitative estimate of drug-likeness (QED) is 0.381. The van der Waals surface area contributed by atoms with Gasteiger partial charge in [-0.1, -0.05) is 32.2 Å². The van der Waals surface area contributed by atoms with Crippen LogP contribution in [-0.4, -0.2) is 0 Å². The summed E-state index contributed by atoms with van der Waals surface area (Å²) >= 11 is 0. The molecule has 48 valence electrons. The van der Waals surface area contributed by atoms with Crippen molar-refractivity contribution in [2.24, 2.45) is 0 Å². The van der Waals surface area contributed by atoms with Crippen LogP contribution in [0.4, 0.5) is 0 Å². The number of hydrogen-bond acceptors (Lipinski definition) is 0. The van der Waals surface area contributed by atoms with Crippen molar-refractivity contribution in [2.75, 3.05) is 0 Å². The fraction of sp³-hybridized carbons (Fsp3) is 0.750. The molecule has 0 amide bonds. The summed E-state index contributed by atoms with van der Waals surface area (Å²) in [6.45, 7) is 1.87. The number of rotatable bonds is 5. The molecule has 0 fully saturated rings. The summed E-state index contributed by atoms with van der Waals surface area (Å²) in [6.07, 6.45) is 6.11. The summed E-state index contributed by atoms with van der Waals surface area (Å²) in [4.78, 5) is 0. The Kier molecular flexibility index (Phi) is 3.12. The van der Waals surface area contributed by atoms with Crippen LogP contribution in [0.15, 0.2) is 12.7 Å². The maximum atomic E-state index is 6.93. The van der Waals surface area contributed by atoms with E-state index in [-0.39, 0.29) is 0 Å². The molecule has 0 saturated carbocycles. The highest BCUT2D eigenvalue weighted by molar-refractivity contribution is 4.64. The maximum Gasteiger partial charge on any atom is 0.0230 e. The van der Waals surface area contributed by atoms with Gasteiger partial charge in [0.2, 0.25) is 0 Å². The van der Waals surface area contributed by atoms with Gasteiger partial charge in [0.1, 0.15) is 0 Å². The van der Waals surface area contributed by atoms with Crippen LogP contribution in [0.2, 0.25) is 0 Å². The lowest BCUT2D eigenvalue weighted by Gasteiger charge is -1.91. The Hall–Kier alpha value is -0.260. The Bertz CT molecular complexity index is 104. The predicted molar refractivity (Wildman–Crippen MR) is 39.0 cm³/mol. The van der Waals surface area contributed by atoms with Crippen LogP contribution in [0.3, 0.4) is 0 Å². The highest BCUT2D eigenvalue weighted by Gasteiger charge is 1.81. The summed E-state index contributed by atoms with van der Waals surface area (Å²) in [5, 5.41) is 0. The summed E-state index contributed by atoms with van der Waals surface area (Å²) in [7, 11) is 0. The van der Waals surface area contributed by atoms with Gasteiger partial charge in [-0.2, -0.15) is 0 Å². The minimum Gasteiger partial charge on any atom is -0.103 e. The third-order valence-corrected chi connectivity index (χ3v) is 1.09. The molecular formula is C8H16. The Labute approximate surface area is 56.8 Å². The average molecular weight is 115 g/mol. The van der Waals surface area contributed by atoms with Gasteiger partial charge >= 0.3 is 0 Å². The van der Waals surface area contributed by atoms with Crippen LogP contribution in [0, 0.1) is 0 Å². The van der Waals surface area contributed by atoms with Gasteiger partial charge in [-0.25, -0.2) is 0 Å². The summed E-state index contributed by atoms with van der Waals surface area (Å²) in [5.74, 6) is 0. The predicted octanol–water partition coefficient (Wildman–Crippen LogP) is 3.14. The molecule has 0 nitrogen and oxygen atoms in total. The zero-order chi connectivity index (χ0) is 8.74. The van der Waals surface area contributed by atoms with Gasteiger partial charge in [-0.3, -0.25) is 0 Å². The topological polar surface area (TPSA) is 0 Å². The summed E-state index contributed by atoms with van der Waals surface area (Å²) in [6, 6.07) is 0. The third kappa shape index (κ3) is 5.74. The lowest BCUT2D eigenvalue weighted by atomic mass is 10.2. The van der Waals surface area contributed by atoms with Crippen molar-refractivity contribution in [3.8, 4) is 0 Å². The summed E-state index contributed by atoms with van der Waals surface area (Å²) < 4.78 is 20.8. The minimum atomic E-state index is -1.73. The first-order chi connectivity index (χ1) is 5.06. The molecule has 0 radical (unpaired) electrons. The van der Waals surface area contributed by atoms with Crippen molar-refractivity contribution in [1.82, 2.24) is 0 Å². The highest BCUT2D eigenvalue weighted by Crippen LogP contribution is 2.01. The zero-order valence-electron chi connectivity index (χ0n) is 8.32. The molecule has 0 aliphatic heterocycles. The number of unbranched alkanes of at least 4 members (excludes halogenated alkanes) is 3. The van der Waals surface area contributed by atoms with E-state index in [2.05, 4.69) is 6.58 Å². The van der Waals surface area contributed by atoms with E-state index in [0.717, 1.165) is 25.7 Å². The van der Waals surface area contributed by atoms with Crippen molar-refractivity contribution in [2.45, 2.75) is 39.0 Å². The van der Waals surface area contributed by atoms with Gasteiger partial charge in [0.15, 0.2) is 0 Å². The molecule has 0 aliphatic rings. The molecule has 0 aromatic carbocycles. The van der Waals surface area contributed by atoms with Crippen LogP contribution in [0.5, 0.6) is 0 Å². The van der Waals surface area contributed by atoms with Crippen LogP contribution in [-0.2, 0) is 0 Å². The first kappa shape index (κ1) is 3.71. The molecule has 0 aromatic heterocycles. The molecule has 0 atom stereocenters. The van der Waals surface area contributed by atoms with E-state index in [4.69, 9.17) is 4.11 Å². The number of allylic oxidation sites excluding steroid dienone is 1. The molecule has 0 aromatic rings. The molecule has 0 spiro atoms. The van der Waals surface area contributed by atoms with Crippen molar-refractivity contribution in [3.63, 3.8) is 0 Å². The molecule has 0 saturated heterocycles. The zero-order valence-corrected chi connectivity index (χ0v) is 5.32. The molecule has 0 aliphatic carbocycles. The van der Waals surface area contributed by atoms with Gasteiger partial charge in [-0.15, -0.1) is 6.58 Å². The smallest absolute Gasteiger partial charge is 0.0230 e. The van der Waals surface area contributed by atoms with E-state index in [1.807, 2.05) is 6.08 Å². The molecule has 0 N–H and O–H groups in total. The first-order valence-electron chi connectivity index (χ1n) is 4.67. The second kappa shape index (κ2) is 6.74. The van der Waals surface area contributed by atoms with E-state index < -0.39 is 6.85 Å². The lowest BCUT2D eigenvalue weighted by Crippen LogP contribution is -1.71. The van der Waals surface area contributed by atoms with Gasteiger partial charge in [0.25, 0.3) is 0 Å². The highest BCUT2D eigenvalue weighted by atomic mass is 13.9. The first-order valence-corrected chi connectivity index (χ1v) is 3.17. The van der Waals surface area contributed by atoms with Gasteiger partial charge < -0.3 is 0 Å². The van der Waals surface area contributed by atoms with Crippen molar-refractivity contribution >= 4 is 0 Å². The third-order valence-electron chi connectivity index (χ3n) is 1.09. The van der Waals surface area contributed by atoms with Crippen molar-refractivity contribution in [3.05, 3.63) is 12.7 Å². The second-order valence-corrected chi connectivity index (χ2v) is 1.89. The largest absolute Gasteiger partial charge is 0.103 e. The molecule has 0 heterocycles. The Morgan fingerprint density at radius 1 is 1.50 bits per heavy atom. The molecule has 0 bridgehead atoms. The van der Waals surface area contributed by atoms with Gasteiger partial charge in [-0.05, 0) is 12.8 Å². The number of hydrogen-bond donors (Lipinski definition) is 0. The lowest BCUT2D eigenvalue weighted by molar-refractivity contribution is 0.675. The SMILES string of the molecule is [2H]C([2H])([2H])CCCCCC=C. The Balaban J connectivity index is 3.08. The monoisotopic (exact) mass is 115 g/mol. The van der Waals surface area contributed by atoms with E-state index in [9.17, 15) is 0 Å². The van der Waals surface area contributed by atoms with Crippen LogP contribution in [0.1, 0.15) is 43.1 Å². The molecule has 0 unspecified atom stereocenters. The fourth-order valence-electron chi connectivity index (χ4n) is 0.590. The maximum absolute atomic E-state index is 6.93. The molecular weight excluding hydrogens is 96.1 g/mol. The van der Waals surface area contributed by atoms with Crippen LogP contribution < -0.4 is 0 Å². The molecule has 0 heteroatoms.